The lowest BCUT2D eigenvalue weighted by atomic mass is 9.86. The lowest BCUT2D eigenvalue weighted by Gasteiger charge is -2.18. The molecule has 6 heteroatoms. The minimum Gasteiger partial charge on any atom is -0.481 e. The second-order valence-electron chi connectivity index (χ2n) is 5.23. The maximum Gasteiger partial charge on any atom is 0.306 e. The summed E-state index contributed by atoms with van der Waals surface area (Å²) in [6, 6.07) is 4.74. The van der Waals surface area contributed by atoms with E-state index in [1.54, 1.807) is 6.07 Å². The van der Waals surface area contributed by atoms with Crippen LogP contribution in [0.25, 0.3) is 16.5 Å². The van der Waals surface area contributed by atoms with Crippen molar-refractivity contribution >= 4 is 28.1 Å². The molecule has 2 aromatic rings. The Balaban J connectivity index is 1.95. The van der Waals surface area contributed by atoms with E-state index in [1.165, 1.54) is 12.1 Å². The highest BCUT2D eigenvalue weighted by atomic mass is 16.6. The van der Waals surface area contributed by atoms with Gasteiger partial charge in [0.1, 0.15) is 0 Å². The van der Waals surface area contributed by atoms with Crippen LogP contribution in [-0.4, -0.2) is 21.0 Å². The number of H-pyrrole nitrogens is 1. The SMILES string of the molecule is O=C(O)C1CC=C(c2c[nH]c3cc([N+](=O)[O-])ccc23)CC1. The molecular weight excluding hydrogens is 272 g/mol. The summed E-state index contributed by atoms with van der Waals surface area (Å²) in [5, 5.41) is 20.7. The molecule has 1 aromatic heterocycles. The number of non-ortho nitro benzene ring substituents is 1. The van der Waals surface area contributed by atoms with E-state index in [-0.39, 0.29) is 11.6 Å². The Hall–Kier alpha value is -2.63. The predicted octanol–water partition coefficient (Wildman–Crippen LogP) is 3.34. The number of nitrogens with zero attached hydrogens (tertiary/aromatic N) is 1. The van der Waals surface area contributed by atoms with Crippen molar-refractivity contribution in [2.24, 2.45) is 5.92 Å². The quantitative estimate of drug-likeness (QED) is 0.668. The van der Waals surface area contributed by atoms with Gasteiger partial charge in [0.2, 0.25) is 0 Å². The van der Waals surface area contributed by atoms with E-state index in [2.05, 4.69) is 4.98 Å². The number of benzene rings is 1. The molecule has 6 nitrogen and oxygen atoms in total. The first-order valence-electron chi connectivity index (χ1n) is 6.74. The monoisotopic (exact) mass is 286 g/mol. The number of aliphatic carboxylic acids is 1. The molecule has 0 radical (unpaired) electrons. The Bertz CT molecular complexity index is 760. The molecule has 1 atom stereocenters. The first-order chi connectivity index (χ1) is 10.1. The van der Waals surface area contributed by atoms with Crippen molar-refractivity contribution < 1.29 is 14.8 Å². The third-order valence-corrected chi connectivity index (χ3v) is 3.98. The molecule has 0 amide bonds. The van der Waals surface area contributed by atoms with Crippen LogP contribution in [0.5, 0.6) is 0 Å². The lowest BCUT2D eigenvalue weighted by molar-refractivity contribution is -0.384. The van der Waals surface area contributed by atoms with E-state index < -0.39 is 10.9 Å². The first-order valence-corrected chi connectivity index (χ1v) is 6.74. The normalized spacial score (nSPS) is 18.5. The zero-order chi connectivity index (χ0) is 15.0. The molecule has 108 valence electrons. The van der Waals surface area contributed by atoms with Gasteiger partial charge in [0, 0.05) is 29.3 Å². The summed E-state index contributed by atoms with van der Waals surface area (Å²) in [5.74, 6) is -1.06. The zero-order valence-electron chi connectivity index (χ0n) is 11.2. The fourth-order valence-corrected chi connectivity index (χ4v) is 2.80. The van der Waals surface area contributed by atoms with Gasteiger partial charge in [-0.3, -0.25) is 14.9 Å². The van der Waals surface area contributed by atoms with Crippen molar-refractivity contribution in [1.29, 1.82) is 0 Å². The number of carbonyl (C=O) groups is 1. The van der Waals surface area contributed by atoms with Crippen LogP contribution in [0.3, 0.4) is 0 Å². The average molecular weight is 286 g/mol. The minimum atomic E-state index is -0.750. The Labute approximate surface area is 120 Å². The molecule has 0 aliphatic heterocycles. The molecule has 2 N–H and O–H groups in total. The van der Waals surface area contributed by atoms with Gasteiger partial charge in [-0.05, 0) is 30.9 Å². The van der Waals surface area contributed by atoms with Crippen molar-refractivity contribution in [3.05, 3.63) is 46.1 Å². The summed E-state index contributed by atoms with van der Waals surface area (Å²) in [6.45, 7) is 0. The summed E-state index contributed by atoms with van der Waals surface area (Å²) in [6.07, 6.45) is 5.67. The van der Waals surface area contributed by atoms with Crippen LogP contribution < -0.4 is 0 Å². The Morgan fingerprint density at radius 2 is 2.24 bits per heavy atom. The number of rotatable bonds is 3. The number of aromatic nitrogens is 1. The topological polar surface area (TPSA) is 96.2 Å². The molecule has 1 aromatic carbocycles. The van der Waals surface area contributed by atoms with Gasteiger partial charge in [0.15, 0.2) is 0 Å². The summed E-state index contributed by atoms with van der Waals surface area (Å²) >= 11 is 0. The molecule has 1 aliphatic carbocycles. The number of nitro groups is 1. The van der Waals surface area contributed by atoms with Crippen molar-refractivity contribution in [3.63, 3.8) is 0 Å². The highest BCUT2D eigenvalue weighted by Crippen LogP contribution is 2.34. The van der Waals surface area contributed by atoms with Crippen LogP contribution in [0.2, 0.25) is 0 Å². The average Bonchev–Trinajstić information content (AvgIpc) is 2.90. The van der Waals surface area contributed by atoms with Gasteiger partial charge in [0.25, 0.3) is 5.69 Å². The highest BCUT2D eigenvalue weighted by Gasteiger charge is 2.22. The number of fused-ring (bicyclic) bond motifs is 1. The molecule has 0 spiro atoms. The van der Waals surface area contributed by atoms with Crippen molar-refractivity contribution in [3.8, 4) is 0 Å². The van der Waals surface area contributed by atoms with E-state index in [1.807, 2.05) is 12.3 Å². The van der Waals surface area contributed by atoms with Crippen molar-refractivity contribution in [2.45, 2.75) is 19.3 Å². The number of hydrogen-bond donors (Lipinski definition) is 2. The molecule has 3 rings (SSSR count). The Morgan fingerprint density at radius 3 is 2.86 bits per heavy atom. The van der Waals surface area contributed by atoms with Gasteiger partial charge in [-0.1, -0.05) is 6.08 Å². The number of allylic oxidation sites excluding steroid dienone is 2. The van der Waals surface area contributed by atoms with E-state index in [4.69, 9.17) is 5.11 Å². The van der Waals surface area contributed by atoms with Gasteiger partial charge in [-0.25, -0.2) is 0 Å². The van der Waals surface area contributed by atoms with Crippen molar-refractivity contribution in [1.82, 2.24) is 4.98 Å². The van der Waals surface area contributed by atoms with Crippen LogP contribution in [-0.2, 0) is 4.79 Å². The van der Waals surface area contributed by atoms with Crippen LogP contribution in [0.1, 0.15) is 24.8 Å². The fourth-order valence-electron chi connectivity index (χ4n) is 2.80. The third kappa shape index (κ3) is 2.40. The molecule has 0 fully saturated rings. The summed E-state index contributed by atoms with van der Waals surface area (Å²) in [7, 11) is 0. The lowest BCUT2D eigenvalue weighted by Crippen LogP contribution is -2.15. The summed E-state index contributed by atoms with van der Waals surface area (Å²) in [4.78, 5) is 24.4. The van der Waals surface area contributed by atoms with Crippen LogP contribution >= 0.6 is 0 Å². The smallest absolute Gasteiger partial charge is 0.306 e. The van der Waals surface area contributed by atoms with E-state index >= 15 is 0 Å². The van der Waals surface area contributed by atoms with Gasteiger partial charge in [-0.2, -0.15) is 0 Å². The maximum atomic E-state index is 11.0. The van der Waals surface area contributed by atoms with Crippen LogP contribution in [0.15, 0.2) is 30.5 Å². The largest absolute Gasteiger partial charge is 0.481 e. The zero-order valence-corrected chi connectivity index (χ0v) is 11.2. The second kappa shape index (κ2) is 5.05. The summed E-state index contributed by atoms with van der Waals surface area (Å²) < 4.78 is 0. The molecule has 0 saturated carbocycles. The van der Waals surface area contributed by atoms with E-state index in [9.17, 15) is 14.9 Å². The van der Waals surface area contributed by atoms with Gasteiger partial charge in [0.05, 0.1) is 16.4 Å². The molecular formula is C15H14N2O4. The number of aromatic amines is 1. The third-order valence-electron chi connectivity index (χ3n) is 3.98. The highest BCUT2D eigenvalue weighted by molar-refractivity contribution is 5.94. The number of nitro benzene ring substituents is 1. The molecule has 0 saturated heterocycles. The van der Waals surface area contributed by atoms with Gasteiger partial charge >= 0.3 is 5.97 Å². The summed E-state index contributed by atoms with van der Waals surface area (Å²) in [5.41, 5.74) is 2.89. The minimum absolute atomic E-state index is 0.0551. The van der Waals surface area contributed by atoms with Crippen LogP contribution in [0.4, 0.5) is 5.69 Å². The van der Waals surface area contributed by atoms with Crippen LogP contribution in [0, 0.1) is 16.0 Å². The Morgan fingerprint density at radius 1 is 1.43 bits per heavy atom. The second-order valence-corrected chi connectivity index (χ2v) is 5.23. The van der Waals surface area contributed by atoms with E-state index in [0.29, 0.717) is 19.3 Å². The molecule has 21 heavy (non-hydrogen) atoms. The number of carboxylic acid groups (broad SMARTS) is 1. The maximum absolute atomic E-state index is 11.0. The first kappa shape index (κ1) is 13.4. The van der Waals surface area contributed by atoms with E-state index in [0.717, 1.165) is 22.0 Å². The molecule has 1 unspecified atom stereocenters. The number of hydrogen-bond acceptors (Lipinski definition) is 3. The number of carboxylic acids is 1. The molecule has 0 bridgehead atoms. The van der Waals surface area contributed by atoms with Gasteiger partial charge in [-0.15, -0.1) is 0 Å². The number of nitrogens with one attached hydrogen (secondary N) is 1. The Kier molecular flexibility index (Phi) is 3.21. The van der Waals surface area contributed by atoms with Crippen molar-refractivity contribution in [2.75, 3.05) is 0 Å². The fraction of sp³-hybridized carbons (Fsp3) is 0.267. The standard InChI is InChI=1S/C15H14N2O4/c18-15(19)10-3-1-9(2-4-10)13-8-16-14-7-11(17(20)21)5-6-12(13)14/h1,5-8,10,16H,2-4H2,(H,18,19). The molecule has 1 heterocycles. The van der Waals surface area contributed by atoms with Gasteiger partial charge < -0.3 is 10.1 Å². The predicted molar refractivity (Wildman–Crippen MR) is 77.9 cm³/mol. The molecule has 1 aliphatic rings.